The van der Waals surface area contributed by atoms with Gasteiger partial charge in [-0.3, -0.25) is 4.79 Å². The Labute approximate surface area is 177 Å². The smallest absolute Gasteiger partial charge is 0.218 e. The van der Waals surface area contributed by atoms with E-state index in [1.165, 1.54) is 10.4 Å². The Morgan fingerprint density at radius 1 is 1.23 bits per heavy atom. The van der Waals surface area contributed by atoms with Crippen molar-refractivity contribution in [3.8, 4) is 11.4 Å². The van der Waals surface area contributed by atoms with Crippen LogP contribution in [0.4, 0.5) is 0 Å². The maximum atomic E-state index is 12.2. The second-order valence-electron chi connectivity index (χ2n) is 7.47. The molecular weight excluding hydrogens is 406 g/mol. The molecule has 3 aromatic rings. The first-order valence-corrected chi connectivity index (χ1v) is 10.3. The highest BCUT2D eigenvalue weighted by molar-refractivity contribution is 7.71. The number of Topliss-reactive ketones (excluding diaryl/α,β-unsaturated/α-hetero) is 1. The standard InChI is InChI=1S/C19H21N7O3S/c1-3-24-16(9-25-22-17(20-23-25)12-6-4-11(2)5-7-12)21-26(19(24)30)13-8-14(27)18-28-10-15(13)29-18/h4-7,13,15,18H,3,8-10H2,1-2H3/t13-,15-,18-/m1/s1. The fraction of sp³-hybridized carbons (Fsp3) is 0.474. The summed E-state index contributed by atoms with van der Waals surface area (Å²) in [5.41, 5.74) is 2.07. The molecule has 2 bridgehead atoms. The number of ether oxygens (including phenoxy) is 2. The Hall–Kier alpha value is -2.76. The lowest BCUT2D eigenvalue weighted by atomic mass is 10.0. The highest BCUT2D eigenvalue weighted by atomic mass is 32.1. The number of tetrazole rings is 1. The number of aryl methyl sites for hydroxylation is 1. The van der Waals surface area contributed by atoms with Crippen LogP contribution in [0, 0.1) is 11.7 Å². The fourth-order valence-electron chi connectivity index (χ4n) is 3.83. The van der Waals surface area contributed by atoms with Crippen molar-refractivity contribution in [2.24, 2.45) is 0 Å². The molecule has 0 aliphatic carbocycles. The maximum absolute atomic E-state index is 12.2. The number of carbonyl (C=O) groups is 1. The minimum absolute atomic E-state index is 0.0797. The largest absolute Gasteiger partial charge is 0.343 e. The highest BCUT2D eigenvalue weighted by Gasteiger charge is 2.45. The summed E-state index contributed by atoms with van der Waals surface area (Å²) in [6.07, 6.45) is -0.680. The van der Waals surface area contributed by atoms with E-state index in [0.717, 1.165) is 5.56 Å². The summed E-state index contributed by atoms with van der Waals surface area (Å²) in [5, 5.41) is 17.5. The Morgan fingerprint density at radius 3 is 2.80 bits per heavy atom. The molecule has 5 rings (SSSR count). The van der Waals surface area contributed by atoms with Crippen LogP contribution in [0.15, 0.2) is 24.3 Å². The van der Waals surface area contributed by atoms with E-state index in [9.17, 15) is 4.79 Å². The van der Waals surface area contributed by atoms with Crippen LogP contribution in [0.3, 0.4) is 0 Å². The highest BCUT2D eigenvalue weighted by Crippen LogP contribution is 2.33. The zero-order valence-electron chi connectivity index (χ0n) is 16.6. The summed E-state index contributed by atoms with van der Waals surface area (Å²) in [5.74, 6) is 1.17. The summed E-state index contributed by atoms with van der Waals surface area (Å²) in [7, 11) is 0. The Kier molecular flexibility index (Phi) is 4.80. The molecule has 0 N–H and O–H groups in total. The summed E-state index contributed by atoms with van der Waals surface area (Å²) in [6, 6.07) is 7.68. The number of hydrogen-bond acceptors (Lipinski definition) is 8. The number of ketones is 1. The molecule has 156 valence electrons. The lowest BCUT2D eigenvalue weighted by Crippen LogP contribution is -2.37. The van der Waals surface area contributed by atoms with Gasteiger partial charge in [-0.05, 0) is 31.3 Å². The van der Waals surface area contributed by atoms with E-state index in [0.29, 0.717) is 42.5 Å². The topological polar surface area (TPSA) is 102 Å². The van der Waals surface area contributed by atoms with Crippen LogP contribution in [-0.4, -0.2) is 59.3 Å². The van der Waals surface area contributed by atoms with E-state index in [2.05, 4.69) is 15.4 Å². The molecule has 2 fully saturated rings. The first-order valence-electron chi connectivity index (χ1n) is 9.86. The van der Waals surface area contributed by atoms with Crippen LogP contribution in [0.25, 0.3) is 11.4 Å². The second-order valence-corrected chi connectivity index (χ2v) is 7.84. The van der Waals surface area contributed by atoms with Crippen molar-refractivity contribution in [1.29, 1.82) is 0 Å². The number of rotatable bonds is 5. The maximum Gasteiger partial charge on any atom is 0.218 e. The monoisotopic (exact) mass is 427 g/mol. The minimum Gasteiger partial charge on any atom is -0.343 e. The number of fused-ring (bicyclic) bond motifs is 2. The predicted molar refractivity (Wildman–Crippen MR) is 107 cm³/mol. The lowest BCUT2D eigenvalue weighted by molar-refractivity contribution is -0.156. The molecule has 2 aliphatic heterocycles. The molecule has 2 saturated heterocycles. The third-order valence-corrected chi connectivity index (χ3v) is 5.86. The summed E-state index contributed by atoms with van der Waals surface area (Å²) in [6.45, 7) is 5.34. The van der Waals surface area contributed by atoms with E-state index in [-0.39, 0.29) is 17.9 Å². The van der Waals surface area contributed by atoms with Crippen molar-refractivity contribution in [3.05, 3.63) is 40.4 Å². The third-order valence-electron chi connectivity index (χ3n) is 5.45. The number of benzene rings is 1. The van der Waals surface area contributed by atoms with Crippen molar-refractivity contribution >= 4 is 18.0 Å². The molecule has 3 atom stereocenters. The van der Waals surface area contributed by atoms with E-state index >= 15 is 0 Å². The van der Waals surface area contributed by atoms with Crippen LogP contribution in [0.1, 0.15) is 30.8 Å². The van der Waals surface area contributed by atoms with E-state index in [1.54, 1.807) is 4.68 Å². The van der Waals surface area contributed by atoms with E-state index in [1.807, 2.05) is 42.7 Å². The molecule has 2 aromatic heterocycles. The Balaban J connectivity index is 1.43. The SMILES string of the molecule is CCn1c(Cn2nnc(-c3ccc(C)cc3)n2)nn([C@@H]2CC(=O)[C@@H]3OC[C@H]2O3)c1=S. The molecule has 0 spiro atoms. The Bertz CT molecular complexity index is 1150. The van der Waals surface area contributed by atoms with Gasteiger partial charge in [0.25, 0.3) is 0 Å². The van der Waals surface area contributed by atoms with Gasteiger partial charge in [0, 0.05) is 18.5 Å². The van der Waals surface area contributed by atoms with E-state index < -0.39 is 6.29 Å². The lowest BCUT2D eigenvalue weighted by Gasteiger charge is -2.26. The van der Waals surface area contributed by atoms with Crippen LogP contribution in [-0.2, 0) is 27.4 Å². The first kappa shape index (κ1) is 19.2. The normalized spacial score (nSPS) is 23.3. The van der Waals surface area contributed by atoms with Gasteiger partial charge in [-0.2, -0.15) is 9.90 Å². The zero-order chi connectivity index (χ0) is 20.8. The van der Waals surface area contributed by atoms with Crippen molar-refractivity contribution in [2.45, 2.75) is 51.8 Å². The van der Waals surface area contributed by atoms with Gasteiger partial charge in [-0.1, -0.05) is 29.8 Å². The van der Waals surface area contributed by atoms with Gasteiger partial charge >= 0.3 is 0 Å². The van der Waals surface area contributed by atoms with E-state index in [4.69, 9.17) is 26.8 Å². The molecule has 11 heteroatoms. The third kappa shape index (κ3) is 3.28. The van der Waals surface area contributed by atoms with Crippen LogP contribution < -0.4 is 0 Å². The molecule has 0 unspecified atom stereocenters. The summed E-state index contributed by atoms with van der Waals surface area (Å²) < 4.78 is 15.2. The van der Waals surface area contributed by atoms with Crippen LogP contribution in [0.5, 0.6) is 0 Å². The predicted octanol–water partition coefficient (Wildman–Crippen LogP) is 1.70. The Morgan fingerprint density at radius 2 is 2.03 bits per heavy atom. The first-order chi connectivity index (χ1) is 14.5. The molecule has 1 aromatic carbocycles. The van der Waals surface area contributed by atoms with Crippen molar-refractivity contribution in [1.82, 2.24) is 34.6 Å². The molecule has 10 nitrogen and oxygen atoms in total. The van der Waals surface area contributed by atoms with Crippen LogP contribution >= 0.6 is 12.2 Å². The number of hydrogen-bond donors (Lipinski definition) is 0. The summed E-state index contributed by atoms with van der Waals surface area (Å²) in [4.78, 5) is 13.7. The zero-order valence-corrected chi connectivity index (χ0v) is 17.4. The van der Waals surface area contributed by atoms with Gasteiger partial charge in [0.2, 0.25) is 12.1 Å². The van der Waals surface area contributed by atoms with Gasteiger partial charge in [0.15, 0.2) is 16.4 Å². The quantitative estimate of drug-likeness (QED) is 0.567. The second kappa shape index (κ2) is 7.49. The molecule has 4 heterocycles. The molecule has 2 aliphatic rings. The summed E-state index contributed by atoms with van der Waals surface area (Å²) >= 11 is 5.65. The van der Waals surface area contributed by atoms with Gasteiger partial charge in [-0.15, -0.1) is 10.2 Å². The molecule has 0 saturated carbocycles. The number of nitrogens with zero attached hydrogens (tertiary/aromatic N) is 7. The molecule has 30 heavy (non-hydrogen) atoms. The van der Waals surface area contributed by atoms with Crippen molar-refractivity contribution < 1.29 is 14.3 Å². The molecule has 0 radical (unpaired) electrons. The molecule has 0 amide bonds. The average molecular weight is 427 g/mol. The van der Waals surface area contributed by atoms with Gasteiger partial charge in [-0.25, -0.2) is 4.68 Å². The van der Waals surface area contributed by atoms with Gasteiger partial charge in [0.1, 0.15) is 12.6 Å². The van der Waals surface area contributed by atoms with Crippen molar-refractivity contribution in [3.63, 3.8) is 0 Å². The van der Waals surface area contributed by atoms with Crippen LogP contribution in [0.2, 0.25) is 0 Å². The average Bonchev–Trinajstić information content (AvgIpc) is 3.45. The minimum atomic E-state index is -0.743. The fourth-order valence-corrected chi connectivity index (χ4v) is 4.24. The molecular formula is C19H21N7O3S. The van der Waals surface area contributed by atoms with Crippen molar-refractivity contribution in [2.75, 3.05) is 6.61 Å². The number of aromatic nitrogens is 7. The number of carbonyl (C=O) groups excluding carboxylic acids is 1. The van der Waals surface area contributed by atoms with Gasteiger partial charge in [0.05, 0.1) is 12.6 Å². The van der Waals surface area contributed by atoms with Gasteiger partial charge < -0.3 is 14.0 Å².